The van der Waals surface area contributed by atoms with Gasteiger partial charge in [0.1, 0.15) is 0 Å². The third kappa shape index (κ3) is 3.40. The highest BCUT2D eigenvalue weighted by atomic mass is 32.2. The third-order valence-corrected chi connectivity index (χ3v) is 7.70. The smallest absolute Gasteiger partial charge is 0.270 e. The zero-order chi connectivity index (χ0) is 19.7. The number of amides is 2. The van der Waals surface area contributed by atoms with E-state index in [1.165, 1.54) is 29.5 Å². The predicted octanol–water partition coefficient (Wildman–Crippen LogP) is 3.48. The van der Waals surface area contributed by atoms with Crippen LogP contribution in [0.5, 0.6) is 0 Å². The molecule has 28 heavy (non-hydrogen) atoms. The van der Waals surface area contributed by atoms with Crippen LogP contribution in [-0.2, 0) is 0 Å². The predicted molar refractivity (Wildman–Crippen MR) is 109 cm³/mol. The molecule has 2 aromatic rings. The minimum Gasteiger partial charge on any atom is -0.338 e. The fourth-order valence-electron chi connectivity index (χ4n) is 3.84. The highest BCUT2D eigenvalue weighted by Crippen LogP contribution is 2.45. The molecule has 3 heterocycles. The lowest BCUT2D eigenvalue weighted by atomic mass is 10.0. The van der Waals surface area contributed by atoms with Gasteiger partial charge in [0, 0.05) is 43.1 Å². The van der Waals surface area contributed by atoms with E-state index in [-0.39, 0.29) is 22.4 Å². The fraction of sp³-hybridized carbons (Fsp3) is 0.368. The Morgan fingerprint density at radius 3 is 2.54 bits per heavy atom. The van der Waals surface area contributed by atoms with E-state index in [4.69, 9.17) is 0 Å². The Morgan fingerprint density at radius 2 is 1.86 bits per heavy atom. The van der Waals surface area contributed by atoms with Gasteiger partial charge in [-0.2, -0.15) is 0 Å². The number of rotatable bonds is 3. The van der Waals surface area contributed by atoms with Gasteiger partial charge in [-0.3, -0.25) is 19.7 Å². The zero-order valence-electron chi connectivity index (χ0n) is 15.1. The van der Waals surface area contributed by atoms with Gasteiger partial charge in [-0.15, -0.1) is 23.1 Å². The highest BCUT2D eigenvalue weighted by molar-refractivity contribution is 8.00. The van der Waals surface area contributed by atoms with Crippen LogP contribution in [0.4, 0.5) is 5.69 Å². The van der Waals surface area contributed by atoms with Gasteiger partial charge in [0.25, 0.3) is 17.5 Å². The molecule has 0 unspecified atom stereocenters. The summed E-state index contributed by atoms with van der Waals surface area (Å²) >= 11 is 3.25. The van der Waals surface area contributed by atoms with Crippen molar-refractivity contribution in [1.82, 2.24) is 9.80 Å². The third-order valence-electron chi connectivity index (χ3n) is 5.29. The minimum absolute atomic E-state index is 0.0680. The molecular weight excluding hydrogens is 398 g/mol. The van der Waals surface area contributed by atoms with Crippen molar-refractivity contribution in [3.63, 3.8) is 0 Å². The van der Waals surface area contributed by atoms with Crippen molar-refractivity contribution in [2.45, 2.75) is 17.7 Å². The van der Waals surface area contributed by atoms with E-state index in [1.807, 2.05) is 22.4 Å². The first-order valence-corrected chi connectivity index (χ1v) is 10.9. The molecule has 0 bridgehead atoms. The van der Waals surface area contributed by atoms with E-state index in [2.05, 4.69) is 0 Å². The Balaban J connectivity index is 1.46. The quantitative estimate of drug-likeness (QED) is 0.564. The number of carbonyl (C=O) groups excluding carboxylic acids is 2. The molecule has 2 amide bonds. The summed E-state index contributed by atoms with van der Waals surface area (Å²) in [5, 5.41) is 12.9. The number of non-ortho nitro benzene ring substituents is 1. The number of carbonyl (C=O) groups is 2. The standard InChI is InChI=1S/C19H19N3O4S2/c23-17(14-3-1-4-15(13-14)22(25)26)20-8-6-19(7-9-20)21(10-12-28-19)18(24)16-5-2-11-27-16/h1-5,11,13H,6-10,12H2. The van der Waals surface area contributed by atoms with E-state index >= 15 is 0 Å². The largest absolute Gasteiger partial charge is 0.338 e. The Labute approximate surface area is 170 Å². The molecule has 7 nitrogen and oxygen atoms in total. The van der Waals surface area contributed by atoms with Crippen LogP contribution in [0, 0.1) is 10.1 Å². The Bertz CT molecular complexity index is 908. The topological polar surface area (TPSA) is 83.8 Å². The van der Waals surface area contributed by atoms with E-state index in [0.29, 0.717) is 31.5 Å². The number of nitro groups is 1. The van der Waals surface area contributed by atoms with Crippen molar-refractivity contribution in [3.05, 3.63) is 62.3 Å². The Morgan fingerprint density at radius 1 is 1.07 bits per heavy atom. The highest BCUT2D eigenvalue weighted by Gasteiger charge is 2.47. The van der Waals surface area contributed by atoms with Gasteiger partial charge in [0.05, 0.1) is 14.7 Å². The minimum atomic E-state index is -0.495. The van der Waals surface area contributed by atoms with Crippen molar-refractivity contribution >= 4 is 40.6 Å². The van der Waals surface area contributed by atoms with Crippen LogP contribution in [0.15, 0.2) is 41.8 Å². The molecule has 2 saturated heterocycles. The van der Waals surface area contributed by atoms with E-state index in [9.17, 15) is 19.7 Å². The van der Waals surface area contributed by atoms with Gasteiger partial charge in [-0.05, 0) is 30.4 Å². The molecule has 0 aliphatic carbocycles. The van der Waals surface area contributed by atoms with Gasteiger partial charge in [0.2, 0.25) is 0 Å². The second-order valence-corrected chi connectivity index (χ2v) is 9.23. The van der Waals surface area contributed by atoms with E-state index in [0.717, 1.165) is 17.2 Å². The van der Waals surface area contributed by atoms with Gasteiger partial charge in [-0.25, -0.2) is 0 Å². The molecular formula is C19H19N3O4S2. The number of thioether (sulfide) groups is 1. The molecule has 0 N–H and O–H groups in total. The summed E-state index contributed by atoms with van der Waals surface area (Å²) in [6, 6.07) is 9.58. The lowest BCUT2D eigenvalue weighted by molar-refractivity contribution is -0.384. The second kappa shape index (κ2) is 7.56. The summed E-state index contributed by atoms with van der Waals surface area (Å²) in [5.41, 5.74) is 0.245. The van der Waals surface area contributed by atoms with Gasteiger partial charge < -0.3 is 9.80 Å². The maximum absolute atomic E-state index is 12.9. The molecule has 9 heteroatoms. The number of hydrogen-bond acceptors (Lipinski definition) is 6. The van der Waals surface area contributed by atoms with Crippen molar-refractivity contribution in [2.75, 3.05) is 25.4 Å². The van der Waals surface area contributed by atoms with Crippen LogP contribution in [0.1, 0.15) is 32.9 Å². The molecule has 0 saturated carbocycles. The molecule has 2 aliphatic rings. The van der Waals surface area contributed by atoms with Crippen molar-refractivity contribution < 1.29 is 14.5 Å². The maximum Gasteiger partial charge on any atom is 0.270 e. The number of benzene rings is 1. The molecule has 0 atom stereocenters. The molecule has 1 aromatic heterocycles. The average molecular weight is 418 g/mol. The molecule has 2 fully saturated rings. The first-order chi connectivity index (χ1) is 13.5. The van der Waals surface area contributed by atoms with Crippen LogP contribution in [0.2, 0.25) is 0 Å². The van der Waals surface area contributed by atoms with Crippen molar-refractivity contribution in [2.24, 2.45) is 0 Å². The first-order valence-electron chi connectivity index (χ1n) is 9.03. The number of hydrogen-bond donors (Lipinski definition) is 0. The SMILES string of the molecule is O=C(c1cccc([N+](=O)[O-])c1)N1CCC2(CC1)SCCN2C(=O)c1cccs1. The van der Waals surface area contributed by atoms with E-state index in [1.54, 1.807) is 22.7 Å². The summed E-state index contributed by atoms with van der Waals surface area (Å²) < 4.78 is 0. The summed E-state index contributed by atoms with van der Waals surface area (Å²) in [7, 11) is 0. The molecule has 4 rings (SSSR count). The number of nitro benzene ring substituents is 1. The van der Waals surface area contributed by atoms with Crippen molar-refractivity contribution in [3.8, 4) is 0 Å². The number of thiophene rings is 1. The molecule has 1 spiro atoms. The number of piperidine rings is 1. The van der Waals surface area contributed by atoms with Crippen LogP contribution < -0.4 is 0 Å². The van der Waals surface area contributed by atoms with Crippen LogP contribution in [0.3, 0.4) is 0 Å². The van der Waals surface area contributed by atoms with Crippen LogP contribution >= 0.6 is 23.1 Å². The van der Waals surface area contributed by atoms with Gasteiger partial charge in [0.15, 0.2) is 0 Å². The normalized spacial score (nSPS) is 18.4. The fourth-order valence-corrected chi connectivity index (χ4v) is 5.96. The van der Waals surface area contributed by atoms with Crippen LogP contribution in [0.25, 0.3) is 0 Å². The zero-order valence-corrected chi connectivity index (χ0v) is 16.7. The average Bonchev–Trinajstić information content (AvgIpc) is 3.38. The van der Waals surface area contributed by atoms with Crippen molar-refractivity contribution in [1.29, 1.82) is 0 Å². The molecule has 146 valence electrons. The first kappa shape index (κ1) is 18.9. The summed E-state index contributed by atoms with van der Waals surface area (Å²) in [4.78, 5) is 40.3. The number of likely N-dealkylation sites (tertiary alicyclic amines) is 1. The van der Waals surface area contributed by atoms with Gasteiger partial charge in [-0.1, -0.05) is 12.1 Å². The molecule has 2 aliphatic heterocycles. The summed E-state index contributed by atoms with van der Waals surface area (Å²) in [6.07, 6.45) is 1.41. The van der Waals surface area contributed by atoms with Gasteiger partial charge >= 0.3 is 0 Å². The van der Waals surface area contributed by atoms with Crippen LogP contribution in [-0.4, -0.2) is 56.8 Å². The maximum atomic E-state index is 12.9. The second-order valence-electron chi connectivity index (χ2n) is 6.83. The summed E-state index contributed by atoms with van der Waals surface area (Å²) in [6.45, 7) is 1.78. The Kier molecular flexibility index (Phi) is 5.11. The summed E-state index contributed by atoms with van der Waals surface area (Å²) in [5.74, 6) is 0.770. The Hall–Kier alpha value is -2.39. The molecule has 1 aromatic carbocycles. The lowest BCUT2D eigenvalue weighted by Crippen LogP contribution is -2.53. The van der Waals surface area contributed by atoms with E-state index < -0.39 is 4.92 Å². The monoisotopic (exact) mass is 417 g/mol. The molecule has 0 radical (unpaired) electrons. The lowest BCUT2D eigenvalue weighted by Gasteiger charge is -2.44. The number of nitrogens with zero attached hydrogens (tertiary/aromatic N) is 3.